The number of carbonyl (C=O) groups excluding carboxylic acids is 2. The lowest BCUT2D eigenvalue weighted by Crippen LogP contribution is -2.46. The number of carboxylic acid groups (broad SMARTS) is 2. The zero-order valence-corrected chi connectivity index (χ0v) is 40.3. The monoisotopic (exact) mass is 1030 g/mol. The Kier molecular flexibility index (Phi) is 17.6. The molecule has 0 aromatic heterocycles. The second-order valence-corrected chi connectivity index (χ2v) is 17.4. The topological polar surface area (TPSA) is 163 Å². The number of amides is 2. The van der Waals surface area contributed by atoms with Gasteiger partial charge in [-0.3, -0.25) is 24.1 Å². The van der Waals surface area contributed by atoms with Crippen LogP contribution >= 0.6 is 12.4 Å². The minimum Gasteiger partial charge on any atom is -0.489 e. The molecule has 2 amide bonds. The molecule has 0 unspecified atom stereocenters. The van der Waals surface area contributed by atoms with Gasteiger partial charge >= 0.3 is 24.3 Å². The lowest BCUT2D eigenvalue weighted by Gasteiger charge is -2.27. The van der Waals surface area contributed by atoms with Crippen molar-refractivity contribution < 1.29 is 65.2 Å². The Morgan fingerprint density at radius 1 is 0.589 bits per heavy atom. The van der Waals surface area contributed by atoms with Gasteiger partial charge in [0.15, 0.2) is 0 Å². The molecule has 0 spiro atoms. The molecule has 2 aliphatic rings. The normalized spacial score (nSPS) is 13.7. The SMILES string of the molecule is CN(C)[C@H](CC(=O)O)C(=O)N1CCc2cc(OCc3ccc(-c4ccccc4)c(C(F)(F)F)c3)ccc21.Cl.N[C@H](CC(=O)O)C(=O)N1CCc2cc(OCc3ccc(-c4ccccc4)c(C(F)(F)F)c3)ccc21. The number of ether oxygens (including phenoxy) is 2. The van der Waals surface area contributed by atoms with Gasteiger partial charge in [0.25, 0.3) is 0 Å². The first kappa shape index (κ1) is 54.9. The smallest absolute Gasteiger partial charge is 0.417 e. The number of halogens is 7. The molecule has 19 heteroatoms. The van der Waals surface area contributed by atoms with Gasteiger partial charge in [-0.05, 0) is 120 Å². The number of hydrogen-bond acceptors (Lipinski definition) is 8. The molecular weight excluding hydrogens is 982 g/mol. The van der Waals surface area contributed by atoms with Crippen molar-refractivity contribution in [2.45, 2.75) is 63.3 Å². The van der Waals surface area contributed by atoms with Crippen molar-refractivity contribution >= 4 is 47.5 Å². The summed E-state index contributed by atoms with van der Waals surface area (Å²) in [7, 11) is 3.33. The molecule has 0 fully saturated rings. The summed E-state index contributed by atoms with van der Waals surface area (Å²) in [4.78, 5) is 52.2. The van der Waals surface area contributed by atoms with Gasteiger partial charge in [-0.15, -0.1) is 12.4 Å². The highest BCUT2D eigenvalue weighted by atomic mass is 35.5. The number of nitrogens with two attached hydrogens (primary N) is 1. The van der Waals surface area contributed by atoms with Crippen LogP contribution < -0.4 is 25.0 Å². The van der Waals surface area contributed by atoms with Gasteiger partial charge in [0.2, 0.25) is 11.8 Å². The number of rotatable bonds is 15. The van der Waals surface area contributed by atoms with E-state index in [0.717, 1.165) is 23.3 Å². The predicted molar refractivity (Wildman–Crippen MR) is 265 cm³/mol. The maximum Gasteiger partial charge on any atom is 0.417 e. The molecule has 8 rings (SSSR count). The van der Waals surface area contributed by atoms with Gasteiger partial charge in [0.05, 0.1) is 36.1 Å². The number of alkyl halides is 6. The largest absolute Gasteiger partial charge is 0.489 e. The van der Waals surface area contributed by atoms with E-state index in [4.69, 9.17) is 25.4 Å². The van der Waals surface area contributed by atoms with Crippen LogP contribution in [0.5, 0.6) is 11.5 Å². The van der Waals surface area contributed by atoms with Crippen LogP contribution in [0.4, 0.5) is 37.7 Å². The fourth-order valence-corrected chi connectivity index (χ4v) is 8.61. The second-order valence-electron chi connectivity index (χ2n) is 17.4. The van der Waals surface area contributed by atoms with Crippen LogP contribution in [0.1, 0.15) is 46.2 Å². The number of benzene rings is 6. The standard InChI is InChI=1S/C28H27F3N2O4.C26H23F3N2O4.ClH/c1-32(2)25(16-26(34)35)27(36)33-13-12-20-15-21(9-11-24(20)33)37-17-18-8-10-22(19-6-4-3-5-7-19)23(14-18)28(29,30)31;27-26(28,29)21-12-16(6-8-20(21)17-4-2-1-3-5-17)15-35-19-7-9-23-18(13-19)10-11-31(23)25(34)22(30)14-24(32)33;/h3-11,14-15,25H,12-13,16-17H2,1-2H3,(H,34,35);1-9,12-13,22H,10-11,14-15,30H2,(H,32,33);1H/t25-;22-;/m11./s1. The van der Waals surface area contributed by atoms with E-state index < -0.39 is 59.8 Å². The third-order valence-electron chi connectivity index (χ3n) is 12.2. The van der Waals surface area contributed by atoms with Gasteiger partial charge in [-0.2, -0.15) is 26.3 Å². The summed E-state index contributed by atoms with van der Waals surface area (Å²) in [6.45, 7) is 0.655. The Morgan fingerprint density at radius 3 is 1.38 bits per heavy atom. The fourth-order valence-electron chi connectivity index (χ4n) is 8.61. The average Bonchev–Trinajstić information content (AvgIpc) is 3.98. The summed E-state index contributed by atoms with van der Waals surface area (Å²) in [5.41, 5.74) is 9.16. The van der Waals surface area contributed by atoms with Crippen molar-refractivity contribution in [1.29, 1.82) is 0 Å². The minimum absolute atomic E-state index is 0. The average molecular weight is 1030 g/mol. The zero-order chi connectivity index (χ0) is 51.9. The highest BCUT2D eigenvalue weighted by Crippen LogP contribution is 2.40. The Balaban J connectivity index is 0.000000235. The van der Waals surface area contributed by atoms with Crippen LogP contribution in [0.15, 0.2) is 133 Å². The Bertz CT molecular complexity index is 2940. The van der Waals surface area contributed by atoms with Crippen molar-refractivity contribution in [3.05, 3.63) is 167 Å². The third kappa shape index (κ3) is 13.6. The van der Waals surface area contributed by atoms with Crippen LogP contribution in [0.2, 0.25) is 0 Å². The number of anilines is 2. The van der Waals surface area contributed by atoms with Crippen LogP contribution in [0.25, 0.3) is 22.3 Å². The molecule has 0 saturated heterocycles. The van der Waals surface area contributed by atoms with E-state index in [1.165, 1.54) is 17.0 Å². The number of fused-ring (bicyclic) bond motifs is 2. The maximum absolute atomic E-state index is 13.8. The lowest BCUT2D eigenvalue weighted by molar-refractivity contribution is -0.141. The van der Waals surface area contributed by atoms with Gasteiger partial charge < -0.3 is 35.2 Å². The van der Waals surface area contributed by atoms with E-state index in [9.17, 15) is 45.5 Å². The van der Waals surface area contributed by atoms with Gasteiger partial charge in [0, 0.05) is 24.5 Å². The Hall–Kier alpha value is -7.41. The highest BCUT2D eigenvalue weighted by molar-refractivity contribution is 6.01. The predicted octanol–water partition coefficient (Wildman–Crippen LogP) is 10.3. The first-order chi connectivity index (χ1) is 34.2. The molecule has 73 heavy (non-hydrogen) atoms. The molecule has 4 N–H and O–H groups in total. The molecule has 0 radical (unpaired) electrons. The van der Waals surface area contributed by atoms with Crippen molar-refractivity contribution in [2.24, 2.45) is 5.73 Å². The summed E-state index contributed by atoms with van der Waals surface area (Å²) in [6.07, 6.45) is -8.71. The molecule has 384 valence electrons. The minimum atomic E-state index is -4.52. The van der Waals surface area contributed by atoms with Gasteiger partial charge in [-0.1, -0.05) is 84.9 Å². The molecule has 6 aromatic carbocycles. The van der Waals surface area contributed by atoms with Crippen molar-refractivity contribution in [2.75, 3.05) is 37.0 Å². The number of hydrogen-bond donors (Lipinski definition) is 3. The number of carbonyl (C=O) groups is 4. The van der Waals surface area contributed by atoms with Crippen LogP contribution in [0.3, 0.4) is 0 Å². The first-order valence-corrected chi connectivity index (χ1v) is 22.7. The van der Waals surface area contributed by atoms with Crippen LogP contribution in [-0.4, -0.2) is 78.1 Å². The number of carboxylic acids is 2. The quantitative estimate of drug-likeness (QED) is 0.0844. The Labute approximate surface area is 423 Å². The van der Waals surface area contributed by atoms with Gasteiger partial charge in [0.1, 0.15) is 24.7 Å². The summed E-state index contributed by atoms with van der Waals surface area (Å²) < 4.78 is 94.2. The molecule has 0 saturated carbocycles. The molecule has 2 heterocycles. The summed E-state index contributed by atoms with van der Waals surface area (Å²) in [5, 5.41) is 18.0. The molecule has 2 atom stereocenters. The molecule has 0 bridgehead atoms. The summed E-state index contributed by atoms with van der Waals surface area (Å²) in [5.74, 6) is -2.05. The summed E-state index contributed by atoms with van der Waals surface area (Å²) in [6, 6.07) is 33.4. The highest BCUT2D eigenvalue weighted by Gasteiger charge is 2.36. The molecule has 12 nitrogen and oxygen atoms in total. The molecule has 2 aliphatic heterocycles. The fraction of sp³-hybridized carbons (Fsp3) is 0.259. The van der Waals surface area contributed by atoms with Crippen molar-refractivity contribution in [3.63, 3.8) is 0 Å². The van der Waals surface area contributed by atoms with Crippen LogP contribution in [0, 0.1) is 0 Å². The van der Waals surface area contributed by atoms with E-state index in [0.29, 0.717) is 71.1 Å². The number of nitrogens with zero attached hydrogens (tertiary/aromatic N) is 3. The number of aliphatic carboxylic acids is 2. The van der Waals surface area contributed by atoms with E-state index in [-0.39, 0.29) is 49.1 Å². The maximum atomic E-state index is 13.8. The van der Waals surface area contributed by atoms with Gasteiger partial charge in [-0.25, -0.2) is 0 Å². The Morgan fingerprint density at radius 2 is 1.00 bits per heavy atom. The number of likely N-dealkylation sites (N-methyl/N-ethyl adjacent to an activating group) is 1. The summed E-state index contributed by atoms with van der Waals surface area (Å²) >= 11 is 0. The molecule has 0 aliphatic carbocycles. The zero-order valence-electron chi connectivity index (χ0n) is 39.5. The van der Waals surface area contributed by atoms with E-state index in [1.54, 1.807) is 133 Å². The van der Waals surface area contributed by atoms with E-state index in [2.05, 4.69) is 0 Å². The van der Waals surface area contributed by atoms with Crippen LogP contribution in [-0.2, 0) is 57.6 Å². The van der Waals surface area contributed by atoms with E-state index in [1.807, 2.05) is 0 Å². The van der Waals surface area contributed by atoms with E-state index >= 15 is 0 Å². The second kappa shape index (κ2) is 23.4. The van der Waals surface area contributed by atoms with Crippen molar-refractivity contribution in [3.8, 4) is 33.8 Å². The molecular formula is C54H51ClF6N4O8. The first-order valence-electron chi connectivity index (χ1n) is 22.7. The molecule has 6 aromatic rings. The third-order valence-corrected chi connectivity index (χ3v) is 12.2. The lowest BCUT2D eigenvalue weighted by atomic mass is 9.97. The van der Waals surface area contributed by atoms with Crippen molar-refractivity contribution in [1.82, 2.24) is 4.90 Å².